The second kappa shape index (κ2) is 5.91. The van der Waals surface area contributed by atoms with E-state index in [9.17, 15) is 4.79 Å². The fraction of sp³-hybridized carbons (Fsp3) is 0.643. The monoisotopic (exact) mass is 312 g/mol. The van der Waals surface area contributed by atoms with Gasteiger partial charge in [0.15, 0.2) is 0 Å². The van der Waals surface area contributed by atoms with Crippen LogP contribution in [0.4, 0.5) is 0 Å². The van der Waals surface area contributed by atoms with E-state index >= 15 is 0 Å². The van der Waals surface area contributed by atoms with E-state index in [1.807, 2.05) is 16.8 Å². The predicted molar refractivity (Wildman–Crippen MR) is 76.7 cm³/mol. The van der Waals surface area contributed by atoms with E-state index in [0.29, 0.717) is 6.04 Å². The Labute approximate surface area is 117 Å². The van der Waals surface area contributed by atoms with E-state index in [-0.39, 0.29) is 5.91 Å². The summed E-state index contributed by atoms with van der Waals surface area (Å²) in [7, 11) is 0. The molecule has 0 radical (unpaired) electrons. The molecular formula is C14H21BrN2O. The van der Waals surface area contributed by atoms with Gasteiger partial charge in [-0.2, -0.15) is 0 Å². The van der Waals surface area contributed by atoms with Crippen LogP contribution in [0.3, 0.4) is 0 Å². The van der Waals surface area contributed by atoms with Gasteiger partial charge < -0.3 is 9.88 Å². The van der Waals surface area contributed by atoms with Gasteiger partial charge in [-0.1, -0.05) is 13.8 Å². The van der Waals surface area contributed by atoms with Crippen molar-refractivity contribution in [1.82, 2.24) is 9.88 Å². The molecule has 1 amide bonds. The van der Waals surface area contributed by atoms with Gasteiger partial charge >= 0.3 is 0 Å². The van der Waals surface area contributed by atoms with Crippen molar-refractivity contribution in [2.45, 2.75) is 52.1 Å². The quantitative estimate of drug-likeness (QED) is 0.906. The highest BCUT2D eigenvalue weighted by Gasteiger charge is 2.24. The smallest absolute Gasteiger partial charge is 0.268 e. The maximum absolute atomic E-state index is 12.3. The fourth-order valence-electron chi connectivity index (χ4n) is 2.69. The number of amides is 1. The second-order valence-electron chi connectivity index (χ2n) is 5.33. The molecule has 2 rings (SSSR count). The van der Waals surface area contributed by atoms with Gasteiger partial charge in [-0.05, 0) is 53.6 Å². The van der Waals surface area contributed by atoms with E-state index in [1.54, 1.807) is 0 Å². The van der Waals surface area contributed by atoms with Gasteiger partial charge in [0.2, 0.25) is 0 Å². The number of carbonyl (C=O) groups is 1. The Bertz CT molecular complexity index is 427. The van der Waals surface area contributed by atoms with Crippen molar-refractivity contribution in [3.63, 3.8) is 0 Å². The van der Waals surface area contributed by atoms with Crippen LogP contribution in [0, 0.1) is 5.92 Å². The largest absolute Gasteiger partial charge is 0.348 e. The van der Waals surface area contributed by atoms with Crippen molar-refractivity contribution < 1.29 is 4.79 Å². The first kappa shape index (κ1) is 13.7. The standard InChI is InChI=1S/C14H21BrN2O/c1-3-6-17-9-11(15)8-13(17)14(18)16-12-5-4-10(2)7-12/h8-10,12H,3-7H2,1-2H3,(H,16,18). The molecule has 1 saturated carbocycles. The normalized spacial score (nSPS) is 23.3. The molecule has 0 bridgehead atoms. The second-order valence-corrected chi connectivity index (χ2v) is 6.24. The SMILES string of the molecule is CCCn1cc(Br)cc1C(=O)NC1CCC(C)C1. The average Bonchev–Trinajstić information content (AvgIpc) is 2.86. The van der Waals surface area contributed by atoms with Crippen molar-refractivity contribution >= 4 is 21.8 Å². The summed E-state index contributed by atoms with van der Waals surface area (Å²) in [6, 6.07) is 2.26. The number of halogens is 1. The highest BCUT2D eigenvalue weighted by atomic mass is 79.9. The van der Waals surface area contributed by atoms with Crippen LogP contribution >= 0.6 is 15.9 Å². The van der Waals surface area contributed by atoms with Gasteiger partial charge in [0.25, 0.3) is 5.91 Å². The van der Waals surface area contributed by atoms with E-state index < -0.39 is 0 Å². The zero-order chi connectivity index (χ0) is 13.1. The number of nitrogens with one attached hydrogen (secondary N) is 1. The molecule has 1 aliphatic rings. The van der Waals surface area contributed by atoms with Crippen LogP contribution in [0.1, 0.15) is 50.0 Å². The van der Waals surface area contributed by atoms with E-state index in [1.165, 1.54) is 6.42 Å². The van der Waals surface area contributed by atoms with Crippen molar-refractivity contribution in [3.8, 4) is 0 Å². The van der Waals surface area contributed by atoms with Crippen LogP contribution in [-0.2, 0) is 6.54 Å². The average molecular weight is 313 g/mol. The number of aryl methyl sites for hydroxylation is 1. The van der Waals surface area contributed by atoms with E-state index in [4.69, 9.17) is 0 Å². The molecule has 0 saturated heterocycles. The highest BCUT2D eigenvalue weighted by Crippen LogP contribution is 2.25. The number of hydrogen-bond acceptors (Lipinski definition) is 1. The molecule has 2 atom stereocenters. The van der Waals surface area contributed by atoms with Crippen molar-refractivity contribution in [3.05, 3.63) is 22.4 Å². The number of hydrogen-bond donors (Lipinski definition) is 1. The zero-order valence-electron chi connectivity index (χ0n) is 11.1. The molecular weight excluding hydrogens is 292 g/mol. The summed E-state index contributed by atoms with van der Waals surface area (Å²) in [5.74, 6) is 0.803. The first-order valence-corrected chi connectivity index (χ1v) is 7.56. The third kappa shape index (κ3) is 3.16. The van der Waals surface area contributed by atoms with Gasteiger partial charge in [0, 0.05) is 23.3 Å². The maximum atomic E-state index is 12.3. The molecule has 0 aliphatic heterocycles. The molecule has 1 aromatic rings. The summed E-state index contributed by atoms with van der Waals surface area (Å²) in [6.45, 7) is 5.26. The lowest BCUT2D eigenvalue weighted by Crippen LogP contribution is -2.34. The molecule has 0 aromatic carbocycles. The lowest BCUT2D eigenvalue weighted by Gasteiger charge is -2.13. The van der Waals surface area contributed by atoms with E-state index in [2.05, 4.69) is 35.1 Å². The van der Waals surface area contributed by atoms with Gasteiger partial charge in [-0.3, -0.25) is 4.79 Å². The number of rotatable bonds is 4. The van der Waals surface area contributed by atoms with Gasteiger partial charge in [0.1, 0.15) is 5.69 Å². The lowest BCUT2D eigenvalue weighted by atomic mass is 10.1. The van der Waals surface area contributed by atoms with Crippen LogP contribution in [0.5, 0.6) is 0 Å². The van der Waals surface area contributed by atoms with E-state index in [0.717, 1.165) is 41.9 Å². The summed E-state index contributed by atoms with van der Waals surface area (Å²) in [5.41, 5.74) is 0.767. The van der Waals surface area contributed by atoms with Crippen LogP contribution in [-0.4, -0.2) is 16.5 Å². The lowest BCUT2D eigenvalue weighted by molar-refractivity contribution is 0.0928. The molecule has 100 valence electrons. The first-order valence-electron chi connectivity index (χ1n) is 6.76. The summed E-state index contributed by atoms with van der Waals surface area (Å²) >= 11 is 3.44. The molecule has 1 N–H and O–H groups in total. The number of carbonyl (C=O) groups excluding carboxylic acids is 1. The Morgan fingerprint density at radius 3 is 2.94 bits per heavy atom. The molecule has 1 aliphatic carbocycles. The molecule has 1 aromatic heterocycles. The van der Waals surface area contributed by atoms with Gasteiger partial charge in [-0.25, -0.2) is 0 Å². The third-order valence-corrected chi connectivity index (χ3v) is 4.02. The maximum Gasteiger partial charge on any atom is 0.268 e. The number of aromatic nitrogens is 1. The Balaban J connectivity index is 2.04. The highest BCUT2D eigenvalue weighted by molar-refractivity contribution is 9.10. The number of nitrogens with zero attached hydrogens (tertiary/aromatic N) is 1. The van der Waals surface area contributed by atoms with Crippen LogP contribution in [0.2, 0.25) is 0 Å². The van der Waals surface area contributed by atoms with Crippen molar-refractivity contribution in [2.24, 2.45) is 5.92 Å². The summed E-state index contributed by atoms with van der Waals surface area (Å²) < 4.78 is 3.00. The van der Waals surface area contributed by atoms with Crippen molar-refractivity contribution in [2.75, 3.05) is 0 Å². The summed E-state index contributed by atoms with van der Waals surface area (Å²) in [4.78, 5) is 12.3. The Kier molecular flexibility index (Phi) is 4.49. The predicted octanol–water partition coefficient (Wildman–Crippen LogP) is 3.58. The minimum atomic E-state index is 0.0632. The van der Waals surface area contributed by atoms with Gasteiger partial charge in [-0.15, -0.1) is 0 Å². The molecule has 4 heteroatoms. The van der Waals surface area contributed by atoms with Crippen LogP contribution < -0.4 is 5.32 Å². The Morgan fingerprint density at radius 2 is 2.33 bits per heavy atom. The van der Waals surface area contributed by atoms with Crippen LogP contribution in [0.15, 0.2) is 16.7 Å². The third-order valence-electron chi connectivity index (χ3n) is 3.59. The molecule has 1 heterocycles. The van der Waals surface area contributed by atoms with Gasteiger partial charge in [0.05, 0.1) is 0 Å². The Hall–Kier alpha value is -0.770. The topological polar surface area (TPSA) is 34.0 Å². The van der Waals surface area contributed by atoms with Crippen molar-refractivity contribution in [1.29, 1.82) is 0 Å². The molecule has 0 spiro atoms. The minimum absolute atomic E-state index is 0.0632. The molecule has 3 nitrogen and oxygen atoms in total. The molecule has 18 heavy (non-hydrogen) atoms. The molecule has 1 fully saturated rings. The fourth-order valence-corrected chi connectivity index (χ4v) is 3.15. The summed E-state index contributed by atoms with van der Waals surface area (Å²) in [6.07, 6.45) is 6.46. The van der Waals surface area contributed by atoms with Crippen LogP contribution in [0.25, 0.3) is 0 Å². The Morgan fingerprint density at radius 1 is 1.56 bits per heavy atom. The minimum Gasteiger partial charge on any atom is -0.348 e. The summed E-state index contributed by atoms with van der Waals surface area (Å²) in [5, 5.41) is 3.16. The first-order chi connectivity index (χ1) is 8.60. The molecule has 2 unspecified atom stereocenters. The zero-order valence-corrected chi connectivity index (χ0v) is 12.7.